The number of halogens is 1. The number of piperazine rings is 1. The highest BCUT2D eigenvalue weighted by Crippen LogP contribution is 2.31. The molecule has 24 heavy (non-hydrogen) atoms. The molecule has 1 amide bonds. The second-order valence-corrected chi connectivity index (χ2v) is 6.37. The maximum atomic E-state index is 14.3. The smallest absolute Gasteiger partial charge is 0.272 e. The first-order chi connectivity index (χ1) is 11.5. The number of amides is 1. The minimum absolute atomic E-state index is 0.0263. The highest BCUT2D eigenvalue weighted by molar-refractivity contribution is 5.86. The Hall–Kier alpha value is -2.22. The van der Waals surface area contributed by atoms with Crippen molar-refractivity contribution in [3.05, 3.63) is 34.1 Å². The van der Waals surface area contributed by atoms with E-state index in [2.05, 4.69) is 4.90 Å². The van der Waals surface area contributed by atoms with Crippen molar-refractivity contribution in [3.63, 3.8) is 0 Å². The minimum Gasteiger partial charge on any atom is -0.357 e. The Kier molecular flexibility index (Phi) is 4.66. The quantitative estimate of drug-likeness (QED) is 0.618. The third-order valence-corrected chi connectivity index (χ3v) is 4.80. The van der Waals surface area contributed by atoms with Crippen molar-refractivity contribution in [2.75, 3.05) is 44.7 Å². The molecule has 3 rings (SSSR count). The van der Waals surface area contributed by atoms with Crippen LogP contribution >= 0.6 is 0 Å². The van der Waals surface area contributed by atoms with Gasteiger partial charge in [0.2, 0.25) is 5.91 Å². The molecule has 7 nitrogen and oxygen atoms in total. The largest absolute Gasteiger partial charge is 0.357 e. The van der Waals surface area contributed by atoms with Gasteiger partial charge in [-0.2, -0.15) is 0 Å². The predicted octanol–water partition coefficient (Wildman–Crippen LogP) is 1.48. The number of rotatable bonds is 3. The lowest BCUT2D eigenvalue weighted by atomic mass is 10.1. The van der Waals surface area contributed by atoms with Crippen LogP contribution in [-0.4, -0.2) is 66.4 Å². The Balaban J connectivity index is 1.78. The number of nitro groups is 1. The molecule has 2 saturated heterocycles. The summed E-state index contributed by atoms with van der Waals surface area (Å²) < 4.78 is 14.3. The molecule has 2 aliphatic rings. The summed E-state index contributed by atoms with van der Waals surface area (Å²) in [7, 11) is 2.02. The number of benzene rings is 1. The van der Waals surface area contributed by atoms with Gasteiger partial charge in [0.15, 0.2) is 5.82 Å². The first-order valence-corrected chi connectivity index (χ1v) is 8.15. The van der Waals surface area contributed by atoms with Gasteiger partial charge in [0.25, 0.3) is 5.69 Å². The van der Waals surface area contributed by atoms with Crippen molar-refractivity contribution in [2.24, 2.45) is 0 Å². The van der Waals surface area contributed by atoms with Crippen LogP contribution < -0.4 is 4.90 Å². The minimum atomic E-state index is -0.651. The van der Waals surface area contributed by atoms with E-state index in [-0.39, 0.29) is 23.3 Å². The van der Waals surface area contributed by atoms with Gasteiger partial charge in [-0.3, -0.25) is 14.9 Å². The van der Waals surface area contributed by atoms with Crippen LogP contribution in [0.15, 0.2) is 18.2 Å². The monoisotopic (exact) mass is 336 g/mol. The molecule has 1 atom stereocenters. The molecular weight excluding hydrogens is 315 g/mol. The van der Waals surface area contributed by atoms with Crippen LogP contribution in [0.5, 0.6) is 0 Å². The molecule has 130 valence electrons. The first kappa shape index (κ1) is 16.6. The molecule has 8 heteroatoms. The number of nitro benzene ring substituents is 1. The third kappa shape index (κ3) is 3.19. The fraction of sp³-hybridized carbons (Fsp3) is 0.562. The molecule has 2 fully saturated rings. The van der Waals surface area contributed by atoms with Gasteiger partial charge in [0.1, 0.15) is 6.04 Å². The van der Waals surface area contributed by atoms with E-state index in [1.54, 1.807) is 4.90 Å². The van der Waals surface area contributed by atoms with E-state index in [4.69, 9.17) is 0 Å². The topological polar surface area (TPSA) is 69.9 Å². The van der Waals surface area contributed by atoms with Gasteiger partial charge in [0.05, 0.1) is 16.7 Å². The van der Waals surface area contributed by atoms with Gasteiger partial charge in [-0.05, 0) is 26.0 Å². The van der Waals surface area contributed by atoms with Crippen LogP contribution in [0.25, 0.3) is 0 Å². The molecule has 1 aromatic carbocycles. The predicted molar refractivity (Wildman–Crippen MR) is 87.5 cm³/mol. The summed E-state index contributed by atoms with van der Waals surface area (Å²) in [5.74, 6) is -0.624. The van der Waals surface area contributed by atoms with Gasteiger partial charge < -0.3 is 14.7 Å². The average Bonchev–Trinajstić information content (AvgIpc) is 3.04. The fourth-order valence-electron chi connectivity index (χ4n) is 3.39. The molecule has 0 N–H and O–H groups in total. The number of hydrogen-bond donors (Lipinski definition) is 0. The maximum absolute atomic E-state index is 14.3. The lowest BCUT2D eigenvalue weighted by Gasteiger charge is -2.36. The summed E-state index contributed by atoms with van der Waals surface area (Å²) >= 11 is 0. The zero-order valence-electron chi connectivity index (χ0n) is 13.7. The van der Waals surface area contributed by atoms with Gasteiger partial charge in [-0.15, -0.1) is 0 Å². The molecule has 0 bridgehead atoms. The highest BCUT2D eigenvalue weighted by atomic mass is 19.1. The molecule has 2 aliphatic heterocycles. The average molecular weight is 336 g/mol. The van der Waals surface area contributed by atoms with Crippen molar-refractivity contribution < 1.29 is 14.1 Å². The van der Waals surface area contributed by atoms with Gasteiger partial charge in [-0.25, -0.2) is 4.39 Å². The van der Waals surface area contributed by atoms with Crippen LogP contribution in [0.2, 0.25) is 0 Å². The zero-order valence-corrected chi connectivity index (χ0v) is 13.7. The Bertz CT molecular complexity index is 646. The van der Waals surface area contributed by atoms with Gasteiger partial charge >= 0.3 is 0 Å². The van der Waals surface area contributed by atoms with E-state index >= 15 is 0 Å². The summed E-state index contributed by atoms with van der Waals surface area (Å²) in [4.78, 5) is 28.7. The Morgan fingerprint density at radius 3 is 2.58 bits per heavy atom. The number of likely N-dealkylation sites (N-methyl/N-ethyl adjacent to an activating group) is 1. The summed E-state index contributed by atoms with van der Waals surface area (Å²) in [6.45, 7) is 3.62. The van der Waals surface area contributed by atoms with E-state index in [0.29, 0.717) is 26.1 Å². The normalized spacial score (nSPS) is 22.0. The molecule has 1 aromatic rings. The molecule has 0 radical (unpaired) electrons. The Morgan fingerprint density at radius 2 is 1.96 bits per heavy atom. The van der Waals surface area contributed by atoms with Crippen LogP contribution in [0.1, 0.15) is 12.8 Å². The van der Waals surface area contributed by atoms with Crippen molar-refractivity contribution in [1.29, 1.82) is 0 Å². The standard InChI is InChI=1S/C16H21FN4O3/c1-18-7-9-19(10-8-18)16(22)15-3-2-6-20(15)14-5-4-12(21(23)24)11-13(14)17/h4-5,11,15H,2-3,6-10H2,1H3. The Labute approximate surface area is 139 Å². The second-order valence-electron chi connectivity index (χ2n) is 6.37. The summed E-state index contributed by atoms with van der Waals surface area (Å²) in [6, 6.07) is 3.23. The number of non-ortho nitro benzene ring substituents is 1. The Morgan fingerprint density at radius 1 is 1.25 bits per heavy atom. The lowest BCUT2D eigenvalue weighted by molar-refractivity contribution is -0.385. The maximum Gasteiger partial charge on any atom is 0.272 e. The van der Waals surface area contributed by atoms with E-state index < -0.39 is 10.7 Å². The molecule has 0 aromatic heterocycles. The molecule has 0 spiro atoms. The van der Waals surface area contributed by atoms with E-state index in [1.807, 2.05) is 11.9 Å². The van der Waals surface area contributed by atoms with Crippen molar-refractivity contribution in [1.82, 2.24) is 9.80 Å². The molecular formula is C16H21FN4O3. The third-order valence-electron chi connectivity index (χ3n) is 4.80. The lowest BCUT2D eigenvalue weighted by Crippen LogP contribution is -2.53. The number of carbonyl (C=O) groups is 1. The van der Waals surface area contributed by atoms with Crippen LogP contribution in [0.3, 0.4) is 0 Å². The number of hydrogen-bond acceptors (Lipinski definition) is 5. The van der Waals surface area contributed by atoms with Crippen LogP contribution in [0.4, 0.5) is 15.8 Å². The zero-order chi connectivity index (χ0) is 17.3. The first-order valence-electron chi connectivity index (χ1n) is 8.15. The van der Waals surface area contributed by atoms with Crippen LogP contribution in [0, 0.1) is 15.9 Å². The van der Waals surface area contributed by atoms with Crippen molar-refractivity contribution in [2.45, 2.75) is 18.9 Å². The van der Waals surface area contributed by atoms with E-state index in [1.165, 1.54) is 12.1 Å². The van der Waals surface area contributed by atoms with E-state index in [0.717, 1.165) is 25.6 Å². The molecule has 1 unspecified atom stereocenters. The second kappa shape index (κ2) is 6.72. The molecule has 2 heterocycles. The number of carbonyl (C=O) groups excluding carboxylic acids is 1. The van der Waals surface area contributed by atoms with E-state index in [9.17, 15) is 19.3 Å². The SMILES string of the molecule is CN1CCN(C(=O)C2CCCN2c2ccc([N+](=O)[O-])cc2F)CC1. The highest BCUT2D eigenvalue weighted by Gasteiger charge is 2.36. The summed E-state index contributed by atoms with van der Waals surface area (Å²) in [5.41, 5.74) is -0.0111. The molecule has 0 aliphatic carbocycles. The molecule has 0 saturated carbocycles. The number of nitrogens with zero attached hydrogens (tertiary/aromatic N) is 4. The number of anilines is 1. The van der Waals surface area contributed by atoms with Crippen LogP contribution in [-0.2, 0) is 4.79 Å². The van der Waals surface area contributed by atoms with Gasteiger partial charge in [0, 0.05) is 38.8 Å². The van der Waals surface area contributed by atoms with Crippen molar-refractivity contribution >= 4 is 17.3 Å². The summed E-state index contributed by atoms with van der Waals surface area (Å²) in [6.07, 6.45) is 1.49. The summed E-state index contributed by atoms with van der Waals surface area (Å²) in [5, 5.41) is 10.8. The fourth-order valence-corrected chi connectivity index (χ4v) is 3.39. The van der Waals surface area contributed by atoms with Crippen molar-refractivity contribution in [3.8, 4) is 0 Å². The van der Waals surface area contributed by atoms with Gasteiger partial charge in [-0.1, -0.05) is 0 Å².